The summed E-state index contributed by atoms with van der Waals surface area (Å²) in [5.41, 5.74) is 3.72. The molecule has 9 heteroatoms. The molecule has 0 spiro atoms. The summed E-state index contributed by atoms with van der Waals surface area (Å²) in [4.78, 5) is 24.8. The van der Waals surface area contributed by atoms with Crippen LogP contribution < -0.4 is 15.0 Å². The van der Waals surface area contributed by atoms with Crippen LogP contribution in [-0.2, 0) is 11.3 Å². The average molecular weight is 482 g/mol. The first-order valence-electron chi connectivity index (χ1n) is 11.7. The number of piperazine rings is 1. The topological polar surface area (TPSA) is 70.2 Å². The normalized spacial score (nSPS) is 17.8. The highest BCUT2D eigenvalue weighted by Crippen LogP contribution is 2.39. The average Bonchev–Trinajstić information content (AvgIpc) is 3.29. The Balaban J connectivity index is 1.30. The number of likely N-dealkylation sites (N-methyl/N-ethyl adjacent to an activating group) is 1. The Morgan fingerprint density at radius 2 is 1.79 bits per heavy atom. The molecule has 3 aromatic rings. The lowest BCUT2D eigenvalue weighted by molar-refractivity contribution is 0.102. The predicted molar refractivity (Wildman–Crippen MR) is 136 cm³/mol. The van der Waals surface area contributed by atoms with Crippen LogP contribution in [0.2, 0.25) is 0 Å². The van der Waals surface area contributed by atoms with Crippen LogP contribution in [0.1, 0.15) is 15.9 Å². The number of carbonyl (C=O) groups is 1. The quantitative estimate of drug-likeness (QED) is 0.580. The van der Waals surface area contributed by atoms with Crippen LogP contribution >= 0.6 is 11.3 Å². The number of aromatic nitrogens is 1. The first-order valence-corrected chi connectivity index (χ1v) is 12.5. The van der Waals surface area contributed by atoms with Gasteiger partial charge in [0.1, 0.15) is 11.3 Å². The van der Waals surface area contributed by atoms with E-state index >= 15 is 0 Å². The van der Waals surface area contributed by atoms with Crippen molar-refractivity contribution >= 4 is 38.3 Å². The van der Waals surface area contributed by atoms with Gasteiger partial charge in [-0.2, -0.15) is 0 Å². The van der Waals surface area contributed by atoms with Crippen molar-refractivity contribution < 1.29 is 14.3 Å². The summed E-state index contributed by atoms with van der Waals surface area (Å²) in [6, 6.07) is 11.9. The van der Waals surface area contributed by atoms with Crippen LogP contribution in [0.15, 0.2) is 36.4 Å². The number of nitrogens with one attached hydrogen (secondary N) is 1. The fraction of sp³-hybridized carbons (Fsp3) is 0.440. The van der Waals surface area contributed by atoms with Gasteiger partial charge >= 0.3 is 0 Å². The van der Waals surface area contributed by atoms with Crippen LogP contribution in [-0.4, -0.2) is 87.3 Å². The minimum Gasteiger partial charge on any atom is -0.494 e. The molecule has 1 N–H and O–H groups in total. The summed E-state index contributed by atoms with van der Waals surface area (Å²) in [6.07, 6.45) is 0. The minimum atomic E-state index is -0.155. The highest BCUT2D eigenvalue weighted by atomic mass is 32.1. The summed E-state index contributed by atoms with van der Waals surface area (Å²) in [7, 11) is 3.81. The highest BCUT2D eigenvalue weighted by Gasteiger charge is 2.20. The third kappa shape index (κ3) is 5.02. The van der Waals surface area contributed by atoms with E-state index in [1.165, 1.54) is 16.9 Å². The fourth-order valence-corrected chi connectivity index (χ4v) is 5.46. The first-order chi connectivity index (χ1) is 16.6. The number of benzene rings is 2. The van der Waals surface area contributed by atoms with Gasteiger partial charge < -0.3 is 19.3 Å². The molecule has 0 unspecified atom stereocenters. The number of thiazole rings is 1. The van der Waals surface area contributed by atoms with Crippen molar-refractivity contribution in [2.75, 3.05) is 76.9 Å². The molecule has 3 heterocycles. The molecule has 0 bridgehead atoms. The fourth-order valence-electron chi connectivity index (χ4n) is 4.44. The van der Waals surface area contributed by atoms with Gasteiger partial charge in [0, 0.05) is 51.4 Å². The van der Waals surface area contributed by atoms with Gasteiger partial charge in [-0.15, -0.1) is 0 Å². The van der Waals surface area contributed by atoms with Gasteiger partial charge in [0.25, 0.3) is 5.91 Å². The third-order valence-corrected chi connectivity index (χ3v) is 7.49. The summed E-state index contributed by atoms with van der Waals surface area (Å²) in [6.45, 7) is 8.35. The van der Waals surface area contributed by atoms with Crippen molar-refractivity contribution in [3.63, 3.8) is 0 Å². The molecule has 0 aliphatic carbocycles. The second kappa shape index (κ2) is 10.3. The standard InChI is InChI=1S/C25H31N5O3S/c1-28-9-11-29(12-10-28)17-18-3-5-19(6-4-18)24(31)27-25-26-22-21(32-2)8-7-20(23(22)34-25)30-13-15-33-16-14-30/h3-8H,9-17H2,1-2H3,(H,26,27,31). The van der Waals surface area contributed by atoms with Crippen molar-refractivity contribution in [1.82, 2.24) is 14.8 Å². The molecule has 5 rings (SSSR count). The van der Waals surface area contributed by atoms with Crippen molar-refractivity contribution in [2.24, 2.45) is 0 Å². The molecule has 2 aliphatic rings. The number of ether oxygens (including phenoxy) is 2. The molecule has 8 nitrogen and oxygen atoms in total. The molecular weight excluding hydrogens is 450 g/mol. The Morgan fingerprint density at radius 3 is 2.50 bits per heavy atom. The van der Waals surface area contributed by atoms with Crippen LogP contribution in [0.25, 0.3) is 10.2 Å². The summed E-state index contributed by atoms with van der Waals surface area (Å²) in [5.74, 6) is 0.550. The number of hydrogen-bond donors (Lipinski definition) is 1. The molecule has 1 aromatic heterocycles. The van der Waals surface area contributed by atoms with Crippen LogP contribution in [0.5, 0.6) is 5.75 Å². The SMILES string of the molecule is COc1ccc(N2CCOCC2)c2sc(NC(=O)c3ccc(CN4CCN(C)CC4)cc3)nc12. The Hall–Kier alpha value is -2.72. The number of morpholine rings is 1. The highest BCUT2D eigenvalue weighted by molar-refractivity contribution is 7.23. The maximum atomic E-state index is 13.0. The molecule has 2 aromatic carbocycles. The predicted octanol–water partition coefficient (Wildman–Crippen LogP) is 3.14. The lowest BCUT2D eigenvalue weighted by atomic mass is 10.1. The van der Waals surface area contributed by atoms with E-state index in [2.05, 4.69) is 33.1 Å². The second-order valence-corrected chi connectivity index (χ2v) is 9.81. The van der Waals surface area contributed by atoms with Gasteiger partial charge in [-0.25, -0.2) is 4.98 Å². The number of rotatable bonds is 6. The zero-order valence-electron chi connectivity index (χ0n) is 19.7. The molecule has 34 heavy (non-hydrogen) atoms. The van der Waals surface area contributed by atoms with Crippen LogP contribution in [0.4, 0.5) is 10.8 Å². The monoisotopic (exact) mass is 481 g/mol. The third-order valence-electron chi connectivity index (χ3n) is 6.50. The largest absolute Gasteiger partial charge is 0.494 e. The maximum Gasteiger partial charge on any atom is 0.257 e. The van der Waals surface area contributed by atoms with Gasteiger partial charge in [-0.3, -0.25) is 15.0 Å². The first kappa shape index (κ1) is 23.0. The molecule has 0 saturated carbocycles. The Bertz CT molecular complexity index is 1140. The second-order valence-electron chi connectivity index (χ2n) is 8.81. The summed E-state index contributed by atoms with van der Waals surface area (Å²) >= 11 is 1.48. The van der Waals surface area contributed by atoms with Gasteiger partial charge in [0.2, 0.25) is 0 Å². The number of nitrogens with zero attached hydrogens (tertiary/aromatic N) is 4. The van der Waals surface area contributed by atoms with Crippen molar-refractivity contribution in [3.05, 3.63) is 47.5 Å². The van der Waals surface area contributed by atoms with Crippen molar-refractivity contribution in [1.29, 1.82) is 0 Å². The zero-order chi connectivity index (χ0) is 23.5. The molecule has 2 fully saturated rings. The molecule has 2 aliphatic heterocycles. The Kier molecular flexibility index (Phi) is 6.96. The van der Waals surface area contributed by atoms with E-state index in [1.807, 2.05) is 30.3 Å². The molecule has 2 saturated heterocycles. The summed E-state index contributed by atoms with van der Waals surface area (Å²) < 4.78 is 12.0. The number of fused-ring (bicyclic) bond motifs is 1. The smallest absolute Gasteiger partial charge is 0.257 e. The van der Waals surface area contributed by atoms with E-state index in [0.717, 1.165) is 61.7 Å². The lowest BCUT2D eigenvalue weighted by Gasteiger charge is -2.32. The molecule has 1 amide bonds. The molecule has 0 atom stereocenters. The number of carbonyl (C=O) groups excluding carboxylic acids is 1. The van der Waals surface area contributed by atoms with E-state index in [4.69, 9.17) is 14.5 Å². The van der Waals surface area contributed by atoms with Crippen molar-refractivity contribution in [2.45, 2.75) is 6.54 Å². The molecule has 0 radical (unpaired) electrons. The van der Waals surface area contributed by atoms with E-state index in [0.29, 0.717) is 29.7 Å². The number of anilines is 2. The number of methoxy groups -OCH3 is 1. The van der Waals surface area contributed by atoms with Crippen molar-refractivity contribution in [3.8, 4) is 5.75 Å². The van der Waals surface area contributed by atoms with Gasteiger partial charge in [0.05, 0.1) is 30.7 Å². The van der Waals surface area contributed by atoms with E-state index in [1.54, 1.807) is 7.11 Å². The molecular formula is C25H31N5O3S. The Morgan fingerprint density at radius 1 is 1.06 bits per heavy atom. The lowest BCUT2D eigenvalue weighted by Crippen LogP contribution is -2.43. The zero-order valence-corrected chi connectivity index (χ0v) is 20.6. The number of hydrogen-bond acceptors (Lipinski definition) is 8. The van der Waals surface area contributed by atoms with E-state index in [-0.39, 0.29) is 5.91 Å². The van der Waals surface area contributed by atoms with Gasteiger partial charge in [0.15, 0.2) is 5.13 Å². The number of amides is 1. The Labute approximate surface area is 204 Å². The van der Waals surface area contributed by atoms with Crippen LogP contribution in [0, 0.1) is 0 Å². The van der Waals surface area contributed by atoms with Gasteiger partial charge in [-0.1, -0.05) is 23.5 Å². The van der Waals surface area contributed by atoms with Gasteiger partial charge in [-0.05, 0) is 36.9 Å². The molecule has 180 valence electrons. The van der Waals surface area contributed by atoms with Crippen LogP contribution in [0.3, 0.4) is 0 Å². The van der Waals surface area contributed by atoms with E-state index < -0.39 is 0 Å². The maximum absolute atomic E-state index is 13.0. The van der Waals surface area contributed by atoms with E-state index in [9.17, 15) is 4.79 Å². The summed E-state index contributed by atoms with van der Waals surface area (Å²) in [5, 5.41) is 3.56. The minimum absolute atomic E-state index is 0.155.